The zero-order valence-electron chi connectivity index (χ0n) is 11.1. The van der Waals surface area contributed by atoms with Gasteiger partial charge >= 0.3 is 0 Å². The van der Waals surface area contributed by atoms with Crippen LogP contribution in [0.5, 0.6) is 0 Å². The standard InChI is InChI=1S/C12H18ClN5O/c1-8(6-19)4-3-5-14-11-9(2)10(13)17-12-15-7-16-18(11)12/h7-8,14,19H,3-6H2,1-2H3. The van der Waals surface area contributed by atoms with Crippen molar-refractivity contribution in [1.82, 2.24) is 19.6 Å². The number of fused-ring (bicyclic) bond motifs is 1. The molecule has 2 aromatic rings. The van der Waals surface area contributed by atoms with Gasteiger partial charge in [-0.15, -0.1) is 0 Å². The Morgan fingerprint density at radius 3 is 3.05 bits per heavy atom. The molecule has 2 N–H and O–H groups in total. The molecule has 2 heterocycles. The molecule has 2 rings (SSSR count). The van der Waals surface area contributed by atoms with Crippen LogP contribution in [0.1, 0.15) is 25.3 Å². The van der Waals surface area contributed by atoms with Crippen molar-refractivity contribution in [3.63, 3.8) is 0 Å². The van der Waals surface area contributed by atoms with Gasteiger partial charge in [-0.2, -0.15) is 19.6 Å². The lowest BCUT2D eigenvalue weighted by atomic mass is 10.1. The van der Waals surface area contributed by atoms with Crippen LogP contribution in [-0.4, -0.2) is 37.8 Å². The third kappa shape index (κ3) is 3.13. The maximum absolute atomic E-state index is 8.98. The molecule has 0 saturated heterocycles. The Bertz CT molecular complexity index is 556. The fourth-order valence-electron chi connectivity index (χ4n) is 1.85. The Balaban J connectivity index is 2.07. The largest absolute Gasteiger partial charge is 0.396 e. The van der Waals surface area contributed by atoms with Gasteiger partial charge in [0.25, 0.3) is 5.78 Å². The summed E-state index contributed by atoms with van der Waals surface area (Å²) in [4.78, 5) is 8.18. The topological polar surface area (TPSA) is 75.3 Å². The minimum absolute atomic E-state index is 0.230. The van der Waals surface area contributed by atoms with Crippen molar-refractivity contribution in [3.05, 3.63) is 17.0 Å². The zero-order chi connectivity index (χ0) is 13.8. The number of halogens is 1. The molecule has 0 aromatic carbocycles. The first-order valence-electron chi connectivity index (χ1n) is 6.34. The minimum Gasteiger partial charge on any atom is -0.396 e. The summed E-state index contributed by atoms with van der Waals surface area (Å²) in [7, 11) is 0. The summed E-state index contributed by atoms with van der Waals surface area (Å²) in [6.45, 7) is 4.95. The van der Waals surface area contributed by atoms with Crippen molar-refractivity contribution in [2.45, 2.75) is 26.7 Å². The van der Waals surface area contributed by atoms with Gasteiger partial charge in [0.1, 0.15) is 17.3 Å². The van der Waals surface area contributed by atoms with Crippen LogP contribution in [0.2, 0.25) is 5.15 Å². The summed E-state index contributed by atoms with van der Waals surface area (Å²) in [6, 6.07) is 0. The Morgan fingerprint density at radius 1 is 1.53 bits per heavy atom. The van der Waals surface area contributed by atoms with E-state index in [-0.39, 0.29) is 6.61 Å². The van der Waals surface area contributed by atoms with Crippen LogP contribution in [0.25, 0.3) is 5.78 Å². The van der Waals surface area contributed by atoms with Gasteiger partial charge in [-0.25, -0.2) is 0 Å². The molecule has 104 valence electrons. The van der Waals surface area contributed by atoms with Crippen LogP contribution in [-0.2, 0) is 0 Å². The predicted octanol–water partition coefficient (Wildman–Crippen LogP) is 1.91. The summed E-state index contributed by atoms with van der Waals surface area (Å²) < 4.78 is 1.65. The molecular formula is C12H18ClN5O. The van der Waals surface area contributed by atoms with Crippen molar-refractivity contribution in [3.8, 4) is 0 Å². The molecule has 6 nitrogen and oxygen atoms in total. The van der Waals surface area contributed by atoms with E-state index in [1.165, 1.54) is 6.33 Å². The van der Waals surface area contributed by atoms with E-state index in [0.717, 1.165) is 30.8 Å². The maximum atomic E-state index is 8.98. The Morgan fingerprint density at radius 2 is 2.32 bits per heavy atom. The molecule has 0 spiro atoms. The highest BCUT2D eigenvalue weighted by Crippen LogP contribution is 2.22. The molecule has 2 aromatic heterocycles. The van der Waals surface area contributed by atoms with Gasteiger partial charge in [-0.05, 0) is 25.7 Å². The molecule has 1 unspecified atom stereocenters. The van der Waals surface area contributed by atoms with E-state index in [0.29, 0.717) is 16.8 Å². The van der Waals surface area contributed by atoms with E-state index in [1.807, 2.05) is 13.8 Å². The molecule has 0 radical (unpaired) electrons. The first-order chi connectivity index (χ1) is 9.13. The Hall–Kier alpha value is -1.40. The van der Waals surface area contributed by atoms with Crippen LogP contribution < -0.4 is 5.32 Å². The summed E-state index contributed by atoms with van der Waals surface area (Å²) in [5.74, 6) is 1.64. The van der Waals surface area contributed by atoms with Gasteiger partial charge in [0.2, 0.25) is 0 Å². The number of aliphatic hydroxyl groups excluding tert-OH is 1. The van der Waals surface area contributed by atoms with E-state index in [2.05, 4.69) is 20.4 Å². The molecule has 19 heavy (non-hydrogen) atoms. The summed E-state index contributed by atoms with van der Waals surface area (Å²) in [6.07, 6.45) is 3.40. The SMILES string of the molecule is Cc1c(Cl)nc2ncnn2c1NCCCC(C)CO. The highest BCUT2D eigenvalue weighted by atomic mass is 35.5. The van der Waals surface area contributed by atoms with Gasteiger partial charge in [-0.3, -0.25) is 0 Å². The second-order valence-electron chi connectivity index (χ2n) is 4.70. The van der Waals surface area contributed by atoms with Crippen molar-refractivity contribution in [2.75, 3.05) is 18.5 Å². The minimum atomic E-state index is 0.230. The quantitative estimate of drug-likeness (QED) is 0.626. The lowest BCUT2D eigenvalue weighted by Crippen LogP contribution is -2.11. The molecular weight excluding hydrogens is 266 g/mol. The van der Waals surface area contributed by atoms with Crippen LogP contribution in [0.3, 0.4) is 0 Å². The number of rotatable bonds is 6. The van der Waals surface area contributed by atoms with Gasteiger partial charge in [-0.1, -0.05) is 18.5 Å². The number of nitrogens with one attached hydrogen (secondary N) is 1. The average Bonchev–Trinajstić information content (AvgIpc) is 2.85. The Labute approximate surface area is 116 Å². The number of anilines is 1. The first kappa shape index (κ1) is 14.0. The lowest BCUT2D eigenvalue weighted by molar-refractivity contribution is 0.229. The van der Waals surface area contributed by atoms with Gasteiger partial charge in [0.05, 0.1) is 0 Å². The molecule has 1 atom stereocenters. The number of aromatic nitrogens is 4. The third-order valence-corrected chi connectivity index (χ3v) is 3.45. The van der Waals surface area contributed by atoms with E-state index in [4.69, 9.17) is 16.7 Å². The Kier molecular flexibility index (Phi) is 4.55. The van der Waals surface area contributed by atoms with E-state index < -0.39 is 0 Å². The van der Waals surface area contributed by atoms with E-state index >= 15 is 0 Å². The second kappa shape index (κ2) is 6.16. The van der Waals surface area contributed by atoms with Gasteiger partial charge < -0.3 is 10.4 Å². The van der Waals surface area contributed by atoms with Crippen LogP contribution >= 0.6 is 11.6 Å². The molecule has 0 aliphatic rings. The number of nitrogens with zero attached hydrogens (tertiary/aromatic N) is 4. The van der Waals surface area contributed by atoms with Crippen LogP contribution in [0.4, 0.5) is 5.82 Å². The lowest BCUT2D eigenvalue weighted by Gasteiger charge is -2.12. The van der Waals surface area contributed by atoms with Crippen molar-refractivity contribution < 1.29 is 5.11 Å². The molecule has 0 bridgehead atoms. The van der Waals surface area contributed by atoms with Gasteiger partial charge in [0, 0.05) is 18.7 Å². The summed E-state index contributed by atoms with van der Waals surface area (Å²) in [5.41, 5.74) is 0.856. The smallest absolute Gasteiger partial charge is 0.255 e. The first-order valence-corrected chi connectivity index (χ1v) is 6.72. The fraction of sp³-hybridized carbons (Fsp3) is 0.583. The van der Waals surface area contributed by atoms with E-state index in [1.54, 1.807) is 4.52 Å². The third-order valence-electron chi connectivity index (χ3n) is 3.08. The average molecular weight is 284 g/mol. The van der Waals surface area contributed by atoms with Gasteiger partial charge in [0.15, 0.2) is 0 Å². The maximum Gasteiger partial charge on any atom is 0.255 e. The molecule has 0 amide bonds. The molecule has 0 saturated carbocycles. The number of aliphatic hydroxyl groups is 1. The molecule has 0 aliphatic carbocycles. The summed E-state index contributed by atoms with van der Waals surface area (Å²) in [5, 5.41) is 16.9. The number of hydrogen-bond donors (Lipinski definition) is 2. The fourth-order valence-corrected chi connectivity index (χ4v) is 2.02. The normalized spacial score (nSPS) is 12.8. The van der Waals surface area contributed by atoms with Crippen LogP contribution in [0, 0.1) is 12.8 Å². The molecule has 7 heteroatoms. The number of hydrogen-bond acceptors (Lipinski definition) is 5. The molecule has 0 aliphatic heterocycles. The zero-order valence-corrected chi connectivity index (χ0v) is 11.9. The highest BCUT2D eigenvalue weighted by Gasteiger charge is 2.11. The predicted molar refractivity (Wildman–Crippen MR) is 74.5 cm³/mol. The highest BCUT2D eigenvalue weighted by molar-refractivity contribution is 6.30. The van der Waals surface area contributed by atoms with E-state index in [9.17, 15) is 0 Å². The molecule has 0 fully saturated rings. The van der Waals surface area contributed by atoms with Crippen molar-refractivity contribution in [2.24, 2.45) is 5.92 Å². The monoisotopic (exact) mass is 283 g/mol. The second-order valence-corrected chi connectivity index (χ2v) is 5.06. The van der Waals surface area contributed by atoms with Crippen LogP contribution in [0.15, 0.2) is 6.33 Å². The summed E-state index contributed by atoms with van der Waals surface area (Å²) >= 11 is 6.07. The van der Waals surface area contributed by atoms with Crippen molar-refractivity contribution in [1.29, 1.82) is 0 Å². The van der Waals surface area contributed by atoms with Crippen molar-refractivity contribution >= 4 is 23.2 Å².